The van der Waals surface area contributed by atoms with Crippen LogP contribution in [0.4, 0.5) is 0 Å². The van der Waals surface area contributed by atoms with E-state index in [0.717, 1.165) is 22.0 Å². The van der Waals surface area contributed by atoms with Gasteiger partial charge in [0.05, 0.1) is 16.7 Å². The Morgan fingerprint density at radius 1 is 0.925 bits per heavy atom. The van der Waals surface area contributed by atoms with E-state index in [4.69, 9.17) is 0 Å². The Morgan fingerprint density at radius 3 is 2.23 bits per heavy atom. The van der Waals surface area contributed by atoms with Crippen molar-refractivity contribution in [2.24, 2.45) is 14.1 Å². The van der Waals surface area contributed by atoms with Crippen LogP contribution in [0, 0.1) is 0 Å². The highest BCUT2D eigenvalue weighted by Gasteiger charge is 2.41. The molecule has 6 heteroatoms. The molecule has 2 N–H and O–H groups in total. The number of aliphatic hydroxyl groups is 2. The number of rotatable bonds is 6. The Balaban J connectivity index is 1.75. The normalized spacial score (nSPS) is 14.6. The highest BCUT2D eigenvalue weighted by atomic mass is 16.3. The predicted molar refractivity (Wildman–Crippen MR) is 161 cm³/mol. The summed E-state index contributed by atoms with van der Waals surface area (Å²) in [5.41, 5.74) is 4.49. The molecule has 0 radical (unpaired) electrons. The minimum absolute atomic E-state index is 0.194. The van der Waals surface area contributed by atoms with Crippen molar-refractivity contribution in [2.45, 2.75) is 39.5 Å². The monoisotopic (exact) mass is 534 g/mol. The summed E-state index contributed by atoms with van der Waals surface area (Å²) in [5, 5.41) is 24.2. The van der Waals surface area contributed by atoms with Gasteiger partial charge < -0.3 is 19.3 Å². The van der Waals surface area contributed by atoms with Gasteiger partial charge in [-0.15, -0.1) is 6.58 Å². The Morgan fingerprint density at radius 2 is 1.55 bits per heavy atom. The Hall–Kier alpha value is -4.58. The van der Waals surface area contributed by atoms with Gasteiger partial charge in [-0.25, -0.2) is 0 Å². The zero-order valence-electron chi connectivity index (χ0n) is 23.8. The lowest BCUT2D eigenvalue weighted by atomic mass is 9.80. The number of allylic oxidation sites excluding steroid dienone is 5. The number of aryl methyl sites for hydroxylation is 2. The van der Waals surface area contributed by atoms with Crippen LogP contribution in [-0.2, 0) is 35.5 Å². The van der Waals surface area contributed by atoms with Crippen molar-refractivity contribution in [2.75, 3.05) is 0 Å². The van der Waals surface area contributed by atoms with E-state index in [1.54, 1.807) is 12.3 Å². The van der Waals surface area contributed by atoms with Crippen molar-refractivity contribution >= 4 is 44.5 Å². The summed E-state index contributed by atoms with van der Waals surface area (Å²) < 4.78 is 3.84. The fourth-order valence-corrected chi connectivity index (χ4v) is 5.89. The van der Waals surface area contributed by atoms with Crippen LogP contribution in [0.15, 0.2) is 84.5 Å². The van der Waals surface area contributed by atoms with Gasteiger partial charge in [-0.05, 0) is 31.9 Å². The maximum absolute atomic E-state index is 13.9. The van der Waals surface area contributed by atoms with Gasteiger partial charge in [-0.3, -0.25) is 9.59 Å². The molecule has 204 valence electrons. The Labute approximate surface area is 233 Å². The molecule has 6 nitrogen and oxygen atoms in total. The van der Waals surface area contributed by atoms with Crippen LogP contribution in [0.25, 0.3) is 33.0 Å². The third-order valence-electron chi connectivity index (χ3n) is 7.92. The number of ketones is 2. The third-order valence-corrected chi connectivity index (χ3v) is 7.92. The summed E-state index contributed by atoms with van der Waals surface area (Å²) in [6, 6.07) is 13.3. The summed E-state index contributed by atoms with van der Waals surface area (Å²) in [7, 11) is 3.74. The van der Waals surface area contributed by atoms with Gasteiger partial charge in [-0.2, -0.15) is 0 Å². The molecular weight excluding hydrogens is 500 g/mol. The molecule has 5 rings (SSSR count). The van der Waals surface area contributed by atoms with Crippen LogP contribution >= 0.6 is 0 Å². The van der Waals surface area contributed by atoms with Gasteiger partial charge in [0.1, 0.15) is 0 Å². The lowest BCUT2D eigenvalue weighted by molar-refractivity contribution is -0.116. The van der Waals surface area contributed by atoms with E-state index in [1.807, 2.05) is 93.4 Å². The van der Waals surface area contributed by atoms with E-state index in [0.29, 0.717) is 28.6 Å². The van der Waals surface area contributed by atoms with Crippen LogP contribution in [0.1, 0.15) is 50.1 Å². The largest absolute Gasteiger partial charge is 0.504 e. The summed E-state index contributed by atoms with van der Waals surface area (Å²) in [5.74, 6) is -2.92. The fraction of sp³-hybridized carbons (Fsp3) is 0.235. The number of hydrogen-bond donors (Lipinski definition) is 2. The number of carbonyl (C=O) groups excluding carboxylic acids is 2. The minimum Gasteiger partial charge on any atom is -0.504 e. The van der Waals surface area contributed by atoms with Gasteiger partial charge in [0.2, 0.25) is 11.6 Å². The number of carbonyl (C=O) groups is 2. The van der Waals surface area contributed by atoms with Crippen LogP contribution in [-0.4, -0.2) is 30.9 Å². The molecule has 2 heterocycles. The number of aromatic nitrogens is 2. The molecule has 0 amide bonds. The number of Topliss-reactive ketones (excluding diaryl/α,β-unsaturated/α-hetero) is 2. The van der Waals surface area contributed by atoms with Crippen LogP contribution in [0.5, 0.6) is 0 Å². The number of nitrogens with zero attached hydrogens (tertiary/aromatic N) is 2. The first-order valence-electron chi connectivity index (χ1n) is 13.3. The molecule has 0 fully saturated rings. The van der Waals surface area contributed by atoms with Crippen LogP contribution < -0.4 is 0 Å². The first-order chi connectivity index (χ1) is 18.9. The Bertz CT molecular complexity index is 1850. The fourth-order valence-electron chi connectivity index (χ4n) is 5.89. The van der Waals surface area contributed by atoms with Crippen molar-refractivity contribution in [3.8, 4) is 0 Å². The van der Waals surface area contributed by atoms with E-state index < -0.39 is 28.5 Å². The zero-order valence-corrected chi connectivity index (χ0v) is 23.8. The molecule has 2 aromatic carbocycles. The molecule has 0 bridgehead atoms. The summed E-state index contributed by atoms with van der Waals surface area (Å²) >= 11 is 0. The topological polar surface area (TPSA) is 84.5 Å². The molecule has 0 unspecified atom stereocenters. The SMILES string of the molecule is C=CC(C)(C)c1c(C2=C(O)C(=O)C(c3cn(C)c4c(CC=C(C)C)cccc34)=C(O)C2=O)c2ccccc2n1C. The quantitative estimate of drug-likeness (QED) is 0.205. The molecule has 0 saturated carbocycles. The molecule has 1 aliphatic carbocycles. The lowest BCUT2D eigenvalue weighted by Crippen LogP contribution is -2.25. The highest BCUT2D eigenvalue weighted by Crippen LogP contribution is 2.44. The minimum atomic E-state index is -0.790. The number of para-hydroxylation sites is 2. The Kier molecular flexibility index (Phi) is 6.45. The molecule has 1 aliphatic rings. The van der Waals surface area contributed by atoms with Gasteiger partial charge in [0.15, 0.2) is 11.5 Å². The van der Waals surface area contributed by atoms with Crippen molar-refractivity contribution < 1.29 is 19.8 Å². The van der Waals surface area contributed by atoms with Gasteiger partial charge in [0.25, 0.3) is 0 Å². The van der Waals surface area contributed by atoms with Crippen LogP contribution in [0.2, 0.25) is 0 Å². The van der Waals surface area contributed by atoms with Gasteiger partial charge in [0, 0.05) is 58.8 Å². The molecular formula is C34H34N2O4. The molecule has 0 atom stereocenters. The summed E-state index contributed by atoms with van der Waals surface area (Å²) in [6.07, 6.45) is 6.32. The number of fused-ring (bicyclic) bond motifs is 2. The van der Waals surface area contributed by atoms with Gasteiger partial charge in [-0.1, -0.05) is 68.0 Å². The van der Waals surface area contributed by atoms with E-state index in [1.165, 1.54) is 5.57 Å². The van der Waals surface area contributed by atoms with Crippen LogP contribution in [0.3, 0.4) is 0 Å². The molecule has 0 spiro atoms. The summed E-state index contributed by atoms with van der Waals surface area (Å²) in [6.45, 7) is 12.0. The zero-order chi connectivity index (χ0) is 29.1. The van der Waals surface area contributed by atoms with Crippen molar-refractivity contribution in [1.29, 1.82) is 0 Å². The standard InChI is InChI=1S/C34H34N2O4/c1-8-34(4,5)33-25(22-13-9-10-15-24(22)36(33)7)27-31(39)29(37)26(30(38)32(27)40)23-18-35(6)28-20(17-16-19(2)3)12-11-14-21(23)28/h8-16,18,37,40H,1,17H2,2-7H3. The highest BCUT2D eigenvalue weighted by molar-refractivity contribution is 6.48. The second kappa shape index (κ2) is 9.56. The lowest BCUT2D eigenvalue weighted by Gasteiger charge is -2.25. The molecule has 2 aromatic heterocycles. The van der Waals surface area contributed by atoms with Crippen molar-refractivity contribution in [3.63, 3.8) is 0 Å². The van der Waals surface area contributed by atoms with E-state index >= 15 is 0 Å². The predicted octanol–water partition coefficient (Wildman–Crippen LogP) is 7.03. The first-order valence-corrected chi connectivity index (χ1v) is 13.3. The maximum Gasteiger partial charge on any atom is 0.232 e. The number of aliphatic hydroxyl groups excluding tert-OH is 2. The van der Waals surface area contributed by atoms with Crippen molar-refractivity contribution in [1.82, 2.24) is 9.13 Å². The second-order valence-corrected chi connectivity index (χ2v) is 11.3. The third kappa shape index (κ3) is 3.94. The smallest absolute Gasteiger partial charge is 0.232 e. The molecule has 40 heavy (non-hydrogen) atoms. The maximum atomic E-state index is 13.9. The van der Waals surface area contributed by atoms with E-state index in [9.17, 15) is 19.8 Å². The average Bonchev–Trinajstić information content (AvgIpc) is 3.41. The van der Waals surface area contributed by atoms with E-state index in [-0.39, 0.29) is 11.1 Å². The van der Waals surface area contributed by atoms with Gasteiger partial charge >= 0.3 is 0 Å². The average molecular weight is 535 g/mol. The molecule has 0 saturated heterocycles. The van der Waals surface area contributed by atoms with Crippen molar-refractivity contribution in [3.05, 3.63) is 107 Å². The first kappa shape index (κ1) is 27.0. The molecule has 4 aromatic rings. The number of benzene rings is 2. The summed E-state index contributed by atoms with van der Waals surface area (Å²) in [4.78, 5) is 27.8. The second-order valence-electron chi connectivity index (χ2n) is 11.3. The molecule has 0 aliphatic heterocycles. The van der Waals surface area contributed by atoms with E-state index in [2.05, 4.69) is 12.7 Å². The number of hydrogen-bond acceptors (Lipinski definition) is 4.